The van der Waals surface area contributed by atoms with Gasteiger partial charge in [0, 0.05) is 19.3 Å². The molecule has 0 aromatic carbocycles. The average Bonchev–Trinajstić information content (AvgIpc) is 2.93. The van der Waals surface area contributed by atoms with Crippen molar-refractivity contribution in [2.45, 2.75) is 19.3 Å². The molecule has 1 aromatic heterocycles. The van der Waals surface area contributed by atoms with E-state index in [-0.39, 0.29) is 5.57 Å². The zero-order valence-electron chi connectivity index (χ0n) is 10.8. The highest BCUT2D eigenvalue weighted by Gasteiger charge is 2.15. The second kappa shape index (κ2) is 6.34. The Kier molecular flexibility index (Phi) is 4.53. The number of ether oxygens (including phenoxy) is 1. The number of carbonyl (C=O) groups is 1. The first-order chi connectivity index (χ1) is 9.24. The number of rotatable bonds is 3. The third-order valence-corrected chi connectivity index (χ3v) is 3.96. The normalized spacial score (nSPS) is 16.0. The van der Waals surface area contributed by atoms with Gasteiger partial charge in [0.15, 0.2) is 5.13 Å². The van der Waals surface area contributed by atoms with Crippen LogP contribution in [0.15, 0.2) is 11.8 Å². The number of nitriles is 1. The lowest BCUT2D eigenvalue weighted by molar-refractivity contribution is -0.135. The summed E-state index contributed by atoms with van der Waals surface area (Å²) in [7, 11) is 1.26. The number of hydrogen-bond acceptors (Lipinski definition) is 6. The molecule has 1 aliphatic rings. The van der Waals surface area contributed by atoms with Crippen LogP contribution in [0.5, 0.6) is 0 Å². The largest absolute Gasteiger partial charge is 0.465 e. The monoisotopic (exact) mass is 277 g/mol. The molecule has 1 aromatic rings. The van der Waals surface area contributed by atoms with Crippen LogP contribution in [0.2, 0.25) is 0 Å². The highest BCUT2D eigenvalue weighted by atomic mass is 32.1. The fraction of sp³-hybridized carbons (Fsp3) is 0.462. The Hall–Kier alpha value is -1.87. The molecule has 1 aliphatic heterocycles. The van der Waals surface area contributed by atoms with Gasteiger partial charge in [0.2, 0.25) is 0 Å². The Morgan fingerprint density at radius 2 is 2.26 bits per heavy atom. The van der Waals surface area contributed by atoms with Crippen LogP contribution in [0.4, 0.5) is 5.13 Å². The summed E-state index contributed by atoms with van der Waals surface area (Å²) < 4.78 is 4.54. The molecule has 0 saturated carbocycles. The molecule has 2 rings (SSSR count). The molecule has 0 N–H and O–H groups in total. The van der Waals surface area contributed by atoms with Crippen molar-refractivity contribution in [1.29, 1.82) is 5.26 Å². The third kappa shape index (κ3) is 3.32. The summed E-state index contributed by atoms with van der Waals surface area (Å²) in [5.41, 5.74) is -0.00339. The fourth-order valence-electron chi connectivity index (χ4n) is 1.96. The molecule has 0 aliphatic carbocycles. The van der Waals surface area contributed by atoms with Crippen molar-refractivity contribution in [3.05, 3.63) is 16.6 Å². The first kappa shape index (κ1) is 13.6. The Balaban J connectivity index is 2.14. The molecule has 1 saturated heterocycles. The summed E-state index contributed by atoms with van der Waals surface area (Å²) >= 11 is 1.49. The van der Waals surface area contributed by atoms with E-state index in [1.54, 1.807) is 6.20 Å². The minimum atomic E-state index is -0.615. The maximum absolute atomic E-state index is 11.3. The molecule has 5 nitrogen and oxygen atoms in total. The minimum Gasteiger partial charge on any atom is -0.465 e. The molecule has 0 atom stereocenters. The van der Waals surface area contributed by atoms with E-state index >= 15 is 0 Å². The first-order valence-corrected chi connectivity index (χ1v) is 6.97. The average molecular weight is 277 g/mol. The van der Waals surface area contributed by atoms with E-state index in [0.29, 0.717) is 0 Å². The smallest absolute Gasteiger partial charge is 0.348 e. The standard InChI is InChI=1S/C13H15N3O2S/c1-18-12(17)10(8-14)7-11-9-15-13(19-11)16-5-3-2-4-6-16/h7,9H,2-6H2,1H3/b10-7+. The van der Waals surface area contributed by atoms with Crippen molar-refractivity contribution in [1.82, 2.24) is 4.98 Å². The van der Waals surface area contributed by atoms with Crippen LogP contribution in [-0.2, 0) is 9.53 Å². The second-order valence-electron chi connectivity index (χ2n) is 4.25. The Morgan fingerprint density at radius 1 is 1.53 bits per heavy atom. The predicted octanol–water partition coefficient (Wildman–Crippen LogP) is 2.21. The Morgan fingerprint density at radius 3 is 2.89 bits per heavy atom. The van der Waals surface area contributed by atoms with Gasteiger partial charge in [0.1, 0.15) is 11.6 Å². The molecule has 0 radical (unpaired) electrons. The fourth-order valence-corrected chi connectivity index (χ4v) is 2.87. The lowest BCUT2D eigenvalue weighted by Gasteiger charge is -2.25. The van der Waals surface area contributed by atoms with Gasteiger partial charge in [0.05, 0.1) is 12.0 Å². The number of piperidine rings is 1. The van der Waals surface area contributed by atoms with Gasteiger partial charge in [-0.2, -0.15) is 5.26 Å². The van der Waals surface area contributed by atoms with Gasteiger partial charge in [-0.1, -0.05) is 11.3 Å². The number of methoxy groups -OCH3 is 1. The molecule has 0 unspecified atom stereocenters. The summed E-state index contributed by atoms with van der Waals surface area (Å²) in [6, 6.07) is 1.84. The minimum absolute atomic E-state index is 0.00339. The van der Waals surface area contributed by atoms with Gasteiger partial charge < -0.3 is 9.64 Å². The zero-order chi connectivity index (χ0) is 13.7. The summed E-state index contributed by atoms with van der Waals surface area (Å²) in [4.78, 5) is 18.7. The maximum Gasteiger partial charge on any atom is 0.348 e. The van der Waals surface area contributed by atoms with Crippen LogP contribution in [0, 0.1) is 11.3 Å². The van der Waals surface area contributed by atoms with Crippen molar-refractivity contribution < 1.29 is 9.53 Å². The number of hydrogen-bond donors (Lipinski definition) is 0. The third-order valence-electron chi connectivity index (χ3n) is 2.95. The molecule has 2 heterocycles. The van der Waals surface area contributed by atoms with Crippen LogP contribution in [-0.4, -0.2) is 31.2 Å². The molecule has 100 valence electrons. The highest BCUT2D eigenvalue weighted by molar-refractivity contribution is 7.16. The van der Waals surface area contributed by atoms with Crippen molar-refractivity contribution in [3.63, 3.8) is 0 Å². The van der Waals surface area contributed by atoms with Gasteiger partial charge >= 0.3 is 5.97 Å². The van der Waals surface area contributed by atoms with Crippen molar-refractivity contribution in [3.8, 4) is 6.07 Å². The molecule has 6 heteroatoms. The maximum atomic E-state index is 11.3. The van der Waals surface area contributed by atoms with Crippen molar-refractivity contribution >= 4 is 28.5 Å². The number of anilines is 1. The molecular formula is C13H15N3O2S. The molecule has 19 heavy (non-hydrogen) atoms. The van der Waals surface area contributed by atoms with Crippen LogP contribution < -0.4 is 4.90 Å². The van der Waals surface area contributed by atoms with Crippen molar-refractivity contribution in [2.75, 3.05) is 25.1 Å². The van der Waals surface area contributed by atoms with E-state index in [1.165, 1.54) is 43.8 Å². The van der Waals surface area contributed by atoms with Crippen LogP contribution in [0.1, 0.15) is 24.1 Å². The zero-order valence-corrected chi connectivity index (χ0v) is 11.6. The van der Waals surface area contributed by atoms with E-state index in [1.807, 2.05) is 6.07 Å². The Labute approximate surface area is 116 Å². The predicted molar refractivity (Wildman–Crippen MR) is 73.8 cm³/mol. The Bertz CT molecular complexity index is 524. The van der Waals surface area contributed by atoms with E-state index in [2.05, 4.69) is 14.6 Å². The number of thiazole rings is 1. The quantitative estimate of drug-likeness (QED) is 0.481. The first-order valence-electron chi connectivity index (χ1n) is 6.15. The lowest BCUT2D eigenvalue weighted by Crippen LogP contribution is -2.29. The summed E-state index contributed by atoms with van der Waals surface area (Å²) in [5, 5.41) is 9.85. The molecule has 0 bridgehead atoms. The molecule has 0 amide bonds. The molecule has 0 spiro atoms. The van der Waals surface area contributed by atoms with E-state index in [0.717, 1.165) is 23.1 Å². The van der Waals surface area contributed by atoms with Crippen LogP contribution >= 0.6 is 11.3 Å². The number of carbonyl (C=O) groups excluding carboxylic acids is 1. The summed E-state index contributed by atoms with van der Waals surface area (Å²) in [5.74, 6) is -0.615. The van der Waals surface area contributed by atoms with Gasteiger partial charge in [-0.05, 0) is 25.3 Å². The topological polar surface area (TPSA) is 66.2 Å². The number of esters is 1. The van der Waals surface area contributed by atoms with Gasteiger partial charge in [-0.15, -0.1) is 0 Å². The molecule has 1 fully saturated rings. The van der Waals surface area contributed by atoms with Crippen LogP contribution in [0.3, 0.4) is 0 Å². The second-order valence-corrected chi connectivity index (χ2v) is 5.29. The highest BCUT2D eigenvalue weighted by Crippen LogP contribution is 2.26. The van der Waals surface area contributed by atoms with E-state index in [4.69, 9.17) is 5.26 Å². The molecular weight excluding hydrogens is 262 g/mol. The SMILES string of the molecule is COC(=O)/C(C#N)=C/c1cnc(N2CCCCC2)s1. The van der Waals surface area contributed by atoms with Crippen molar-refractivity contribution in [2.24, 2.45) is 0 Å². The lowest BCUT2D eigenvalue weighted by atomic mass is 10.1. The van der Waals surface area contributed by atoms with Crippen LogP contribution in [0.25, 0.3) is 6.08 Å². The van der Waals surface area contributed by atoms with Gasteiger partial charge in [-0.25, -0.2) is 9.78 Å². The number of aromatic nitrogens is 1. The summed E-state index contributed by atoms with van der Waals surface area (Å²) in [6.45, 7) is 2.05. The number of nitrogens with zero attached hydrogens (tertiary/aromatic N) is 3. The van der Waals surface area contributed by atoms with E-state index < -0.39 is 5.97 Å². The van der Waals surface area contributed by atoms with Gasteiger partial charge in [-0.3, -0.25) is 0 Å². The summed E-state index contributed by atoms with van der Waals surface area (Å²) in [6.07, 6.45) is 6.87. The van der Waals surface area contributed by atoms with Gasteiger partial charge in [0.25, 0.3) is 0 Å². The van der Waals surface area contributed by atoms with E-state index in [9.17, 15) is 4.79 Å².